The van der Waals surface area contributed by atoms with Gasteiger partial charge in [0.1, 0.15) is 29.4 Å². The molecule has 1 amide bonds. The minimum Gasteiger partial charge on any atom is -0.359 e. The molecule has 8 heteroatoms. The van der Waals surface area contributed by atoms with E-state index in [1.165, 1.54) is 6.07 Å². The zero-order chi connectivity index (χ0) is 22.3. The van der Waals surface area contributed by atoms with Gasteiger partial charge in [-0.15, -0.1) is 0 Å². The van der Waals surface area contributed by atoms with Gasteiger partial charge in [-0.3, -0.25) is 4.79 Å². The SMILES string of the molecule is CC1(C)OCC(=O)N[C@](C)(c2cc(C#Cc3cccc(Cl)c3)c(F)cc2F)C1(F)F. The van der Waals surface area contributed by atoms with Crippen LogP contribution in [0.3, 0.4) is 0 Å². The van der Waals surface area contributed by atoms with E-state index in [9.17, 15) is 13.6 Å². The summed E-state index contributed by atoms with van der Waals surface area (Å²) in [6.07, 6.45) is 0. The third-order valence-electron chi connectivity index (χ3n) is 5.10. The molecule has 2 aromatic carbocycles. The van der Waals surface area contributed by atoms with Gasteiger partial charge in [-0.05, 0) is 45.0 Å². The van der Waals surface area contributed by atoms with Crippen LogP contribution in [0.25, 0.3) is 0 Å². The van der Waals surface area contributed by atoms with Crippen molar-refractivity contribution in [1.82, 2.24) is 5.32 Å². The van der Waals surface area contributed by atoms with E-state index >= 15 is 8.78 Å². The Hall–Kier alpha value is -2.56. The molecule has 30 heavy (non-hydrogen) atoms. The van der Waals surface area contributed by atoms with Gasteiger partial charge in [0.2, 0.25) is 5.91 Å². The third-order valence-corrected chi connectivity index (χ3v) is 5.33. The molecule has 1 fully saturated rings. The number of carbonyl (C=O) groups is 1. The topological polar surface area (TPSA) is 38.3 Å². The highest BCUT2D eigenvalue weighted by atomic mass is 35.5. The average Bonchev–Trinajstić information content (AvgIpc) is 2.70. The van der Waals surface area contributed by atoms with Gasteiger partial charge in [0.25, 0.3) is 0 Å². The zero-order valence-electron chi connectivity index (χ0n) is 16.4. The number of alkyl halides is 2. The molecule has 1 heterocycles. The van der Waals surface area contributed by atoms with Crippen LogP contribution < -0.4 is 5.32 Å². The number of amides is 1. The molecule has 1 aliphatic heterocycles. The van der Waals surface area contributed by atoms with Crippen molar-refractivity contribution < 1.29 is 27.1 Å². The summed E-state index contributed by atoms with van der Waals surface area (Å²) in [5, 5.41) is 2.56. The summed E-state index contributed by atoms with van der Waals surface area (Å²) in [6, 6.07) is 7.80. The smallest absolute Gasteiger partial charge is 0.302 e. The quantitative estimate of drug-likeness (QED) is 0.512. The van der Waals surface area contributed by atoms with E-state index in [1.54, 1.807) is 18.2 Å². The molecule has 158 valence electrons. The standard InChI is InChI=1S/C22H18ClF4NO2/c1-20(2)22(26,27)21(3,28-19(29)12-30-20)16-10-14(17(24)11-18(16)25)8-7-13-5-4-6-15(23)9-13/h4-6,9-11H,12H2,1-3H3,(H,28,29)/t21-/m1/s1. The van der Waals surface area contributed by atoms with E-state index in [2.05, 4.69) is 17.2 Å². The van der Waals surface area contributed by atoms with Gasteiger partial charge in [0, 0.05) is 22.2 Å². The highest BCUT2D eigenvalue weighted by Gasteiger charge is 2.64. The van der Waals surface area contributed by atoms with Crippen molar-refractivity contribution in [3.63, 3.8) is 0 Å². The predicted octanol–water partition coefficient (Wildman–Crippen LogP) is 4.79. The first-order valence-electron chi connectivity index (χ1n) is 8.97. The normalized spacial score (nSPS) is 22.5. The predicted molar refractivity (Wildman–Crippen MR) is 104 cm³/mol. The maximum Gasteiger partial charge on any atom is 0.302 e. The van der Waals surface area contributed by atoms with Crippen LogP contribution in [0, 0.1) is 23.5 Å². The first-order chi connectivity index (χ1) is 13.9. The van der Waals surface area contributed by atoms with Gasteiger partial charge in [-0.25, -0.2) is 17.6 Å². The zero-order valence-corrected chi connectivity index (χ0v) is 17.1. The minimum atomic E-state index is -3.75. The van der Waals surface area contributed by atoms with Crippen LogP contribution in [0.4, 0.5) is 17.6 Å². The Kier molecular flexibility index (Phi) is 5.61. The summed E-state index contributed by atoms with van der Waals surface area (Å²) < 4.78 is 64.9. The Morgan fingerprint density at radius 2 is 1.77 bits per heavy atom. The largest absolute Gasteiger partial charge is 0.359 e. The lowest BCUT2D eigenvalue weighted by Gasteiger charge is -2.43. The van der Waals surface area contributed by atoms with E-state index < -0.39 is 46.8 Å². The van der Waals surface area contributed by atoms with Gasteiger partial charge in [0.05, 0.1) is 5.56 Å². The number of carbonyl (C=O) groups excluding carboxylic acids is 1. The van der Waals surface area contributed by atoms with E-state index in [0.717, 1.165) is 26.8 Å². The highest BCUT2D eigenvalue weighted by Crippen LogP contribution is 2.48. The van der Waals surface area contributed by atoms with Crippen LogP contribution >= 0.6 is 11.6 Å². The fraction of sp³-hybridized carbons (Fsp3) is 0.318. The highest BCUT2D eigenvalue weighted by molar-refractivity contribution is 6.30. The molecule has 0 aromatic heterocycles. The molecular weight excluding hydrogens is 422 g/mol. The van der Waals surface area contributed by atoms with Crippen LogP contribution in [-0.2, 0) is 15.1 Å². The van der Waals surface area contributed by atoms with Crippen LogP contribution in [0.1, 0.15) is 37.5 Å². The molecule has 1 saturated heterocycles. The van der Waals surface area contributed by atoms with Crippen molar-refractivity contribution in [3.05, 3.63) is 69.7 Å². The monoisotopic (exact) mass is 439 g/mol. The maximum atomic E-state index is 15.4. The van der Waals surface area contributed by atoms with E-state index in [0.29, 0.717) is 16.7 Å². The fourth-order valence-corrected chi connectivity index (χ4v) is 3.49. The van der Waals surface area contributed by atoms with E-state index in [-0.39, 0.29) is 5.56 Å². The lowest BCUT2D eigenvalue weighted by Crippen LogP contribution is -2.62. The van der Waals surface area contributed by atoms with Crippen LogP contribution in [0.5, 0.6) is 0 Å². The Morgan fingerprint density at radius 1 is 1.07 bits per heavy atom. The van der Waals surface area contributed by atoms with Gasteiger partial charge < -0.3 is 10.1 Å². The molecule has 2 aromatic rings. The van der Waals surface area contributed by atoms with E-state index in [4.69, 9.17) is 16.3 Å². The Morgan fingerprint density at radius 3 is 2.43 bits per heavy atom. The molecule has 0 spiro atoms. The number of nitrogens with one attached hydrogen (secondary N) is 1. The number of halogens is 5. The summed E-state index contributed by atoms with van der Waals surface area (Å²) in [5.74, 6) is -1.67. The van der Waals surface area contributed by atoms with Gasteiger partial charge >= 0.3 is 5.92 Å². The number of rotatable bonds is 1. The minimum absolute atomic E-state index is 0.305. The van der Waals surface area contributed by atoms with Crippen molar-refractivity contribution in [2.24, 2.45) is 0 Å². The molecule has 3 rings (SSSR count). The van der Waals surface area contributed by atoms with E-state index in [1.807, 2.05) is 0 Å². The van der Waals surface area contributed by atoms with Gasteiger partial charge in [0.15, 0.2) is 0 Å². The molecule has 1 N–H and O–H groups in total. The summed E-state index contributed by atoms with van der Waals surface area (Å²) in [7, 11) is 0. The number of hydrogen-bond donors (Lipinski definition) is 1. The van der Waals surface area contributed by atoms with Crippen molar-refractivity contribution in [2.45, 2.75) is 37.8 Å². The second-order valence-electron chi connectivity index (χ2n) is 7.62. The summed E-state index contributed by atoms with van der Waals surface area (Å²) in [4.78, 5) is 12.0. The molecule has 1 aliphatic rings. The molecule has 0 aliphatic carbocycles. The number of ether oxygens (including phenoxy) is 1. The van der Waals surface area contributed by atoms with Crippen molar-refractivity contribution in [2.75, 3.05) is 6.61 Å². The van der Waals surface area contributed by atoms with Gasteiger partial charge in [-0.1, -0.05) is 29.5 Å². The summed E-state index contributed by atoms with van der Waals surface area (Å²) in [5.41, 5.74) is -5.05. The average molecular weight is 440 g/mol. The second-order valence-corrected chi connectivity index (χ2v) is 8.06. The second kappa shape index (κ2) is 7.60. The molecular formula is C22H18ClF4NO2. The Bertz CT molecular complexity index is 1070. The molecule has 3 nitrogen and oxygen atoms in total. The number of hydrogen-bond acceptors (Lipinski definition) is 2. The molecule has 0 saturated carbocycles. The van der Waals surface area contributed by atoms with Gasteiger partial charge in [-0.2, -0.15) is 0 Å². The van der Waals surface area contributed by atoms with Crippen molar-refractivity contribution in [3.8, 4) is 11.8 Å². The first-order valence-corrected chi connectivity index (χ1v) is 9.35. The Labute approximate surface area is 176 Å². The maximum absolute atomic E-state index is 15.4. The summed E-state index contributed by atoms with van der Waals surface area (Å²) >= 11 is 5.88. The van der Waals surface area contributed by atoms with Crippen LogP contribution in [0.15, 0.2) is 36.4 Å². The molecule has 0 bridgehead atoms. The molecule has 0 radical (unpaired) electrons. The lowest BCUT2D eigenvalue weighted by molar-refractivity contribution is -0.216. The Balaban J connectivity index is 2.16. The number of benzene rings is 2. The summed E-state index contributed by atoms with van der Waals surface area (Å²) in [6.45, 7) is 2.56. The van der Waals surface area contributed by atoms with Crippen LogP contribution in [0.2, 0.25) is 5.02 Å². The third kappa shape index (κ3) is 3.78. The van der Waals surface area contributed by atoms with Crippen LogP contribution in [-0.4, -0.2) is 24.0 Å². The van der Waals surface area contributed by atoms with Crippen molar-refractivity contribution >= 4 is 17.5 Å². The molecule has 0 unspecified atom stereocenters. The van der Waals surface area contributed by atoms with Crippen molar-refractivity contribution in [1.29, 1.82) is 0 Å². The fourth-order valence-electron chi connectivity index (χ4n) is 3.30. The molecule has 1 atom stereocenters. The lowest BCUT2D eigenvalue weighted by atomic mass is 9.77. The first kappa shape index (κ1) is 22.1.